The molecule has 2 aromatic heterocycles. The van der Waals surface area contributed by atoms with Crippen LogP contribution < -0.4 is 20.9 Å². The number of nitrogens with two attached hydrogens (primary N) is 1. The number of ether oxygens (including phenoxy) is 2. The molecule has 0 bridgehead atoms. The number of carbonyl (C=O) groups is 2. The summed E-state index contributed by atoms with van der Waals surface area (Å²) >= 11 is 0. The fourth-order valence-electron chi connectivity index (χ4n) is 4.39. The third kappa shape index (κ3) is 8.13. The maximum atomic E-state index is 14.1. The summed E-state index contributed by atoms with van der Waals surface area (Å²) < 4.78 is 38.5. The van der Waals surface area contributed by atoms with Crippen molar-refractivity contribution in [3.05, 3.63) is 52.6 Å². The van der Waals surface area contributed by atoms with Crippen molar-refractivity contribution < 1.29 is 32.7 Å². The second kappa shape index (κ2) is 13.7. The summed E-state index contributed by atoms with van der Waals surface area (Å²) in [6.45, 7) is 8.45. The molecule has 0 radical (unpaired) electrons. The van der Waals surface area contributed by atoms with Gasteiger partial charge in [-0.25, -0.2) is 9.55 Å². The second-order valence-electron chi connectivity index (χ2n) is 11.2. The average Bonchev–Trinajstić information content (AvgIpc) is 3.50. The van der Waals surface area contributed by atoms with Gasteiger partial charge < -0.3 is 19.7 Å². The fourth-order valence-corrected chi connectivity index (χ4v) is 5.96. The van der Waals surface area contributed by atoms with Crippen molar-refractivity contribution in [2.75, 3.05) is 18.9 Å². The highest BCUT2D eigenvalue weighted by Gasteiger charge is 2.52. The first-order valence-corrected chi connectivity index (χ1v) is 16.0. The summed E-state index contributed by atoms with van der Waals surface area (Å²) in [4.78, 5) is 48.1. The monoisotopic (exact) mass is 630 g/mol. The number of imidazole rings is 1. The summed E-state index contributed by atoms with van der Waals surface area (Å²) in [6.07, 6.45) is 4.71. The minimum absolute atomic E-state index is 0.0688. The summed E-state index contributed by atoms with van der Waals surface area (Å²) in [5.41, 5.74) is 5.46. The molecule has 238 valence electrons. The number of esters is 2. The first-order chi connectivity index (χ1) is 20.8. The van der Waals surface area contributed by atoms with Crippen molar-refractivity contribution in [2.45, 2.75) is 66.0 Å². The molecular formula is C29H39N6O8P. The lowest BCUT2D eigenvalue weighted by Gasteiger charge is -2.25. The van der Waals surface area contributed by atoms with Crippen LogP contribution in [0.4, 0.5) is 5.95 Å². The zero-order valence-electron chi connectivity index (χ0n) is 25.4. The predicted octanol–water partition coefficient (Wildman–Crippen LogP) is 4.05. The molecule has 0 aliphatic heterocycles. The van der Waals surface area contributed by atoms with E-state index in [1.807, 2.05) is 6.92 Å². The number of nitrogen functional groups attached to an aromatic ring is 1. The molecule has 1 aliphatic carbocycles. The van der Waals surface area contributed by atoms with E-state index in [0.29, 0.717) is 12.8 Å². The second-order valence-corrected chi connectivity index (χ2v) is 12.9. The number of rotatable bonds is 15. The Morgan fingerprint density at radius 1 is 1.18 bits per heavy atom. The molecule has 0 amide bonds. The van der Waals surface area contributed by atoms with E-state index < -0.39 is 36.7 Å². The van der Waals surface area contributed by atoms with Crippen molar-refractivity contribution in [2.24, 2.45) is 11.3 Å². The number of nitrogens with zero attached hydrogens (tertiary/aromatic N) is 3. The van der Waals surface area contributed by atoms with Crippen LogP contribution >= 0.6 is 7.75 Å². The summed E-state index contributed by atoms with van der Waals surface area (Å²) in [6, 6.07) is 7.38. The molecule has 1 fully saturated rings. The Balaban J connectivity index is 1.60. The third-order valence-electron chi connectivity index (χ3n) is 6.99. The lowest BCUT2D eigenvalue weighted by atomic mass is 10.1. The van der Waals surface area contributed by atoms with E-state index in [-0.39, 0.29) is 48.1 Å². The molecule has 44 heavy (non-hydrogen) atoms. The highest BCUT2D eigenvalue weighted by atomic mass is 31.2. The number of benzene rings is 1. The number of carbonyl (C=O) groups excluding carboxylic acids is 2. The number of hydrogen-bond acceptors (Lipinski definition) is 11. The molecule has 1 aliphatic rings. The molecule has 0 saturated heterocycles. The van der Waals surface area contributed by atoms with E-state index in [0.717, 1.165) is 12.0 Å². The van der Waals surface area contributed by atoms with Gasteiger partial charge in [0.1, 0.15) is 24.7 Å². The zero-order chi connectivity index (χ0) is 32.1. The largest absolute Gasteiger partial charge is 0.464 e. The van der Waals surface area contributed by atoms with E-state index >= 15 is 0 Å². The Morgan fingerprint density at radius 2 is 1.91 bits per heavy atom. The number of nitrogens with one attached hydrogen (secondary N) is 2. The van der Waals surface area contributed by atoms with Crippen LogP contribution in [0.5, 0.6) is 5.75 Å². The summed E-state index contributed by atoms with van der Waals surface area (Å²) in [7, 11) is -4.19. The maximum absolute atomic E-state index is 14.1. The van der Waals surface area contributed by atoms with Gasteiger partial charge in [0.2, 0.25) is 5.95 Å². The quantitative estimate of drug-likeness (QED) is 0.162. The minimum Gasteiger partial charge on any atom is -0.464 e. The minimum atomic E-state index is -4.19. The number of aromatic nitrogens is 4. The molecule has 14 nitrogen and oxygen atoms in total. The molecule has 3 aromatic rings. The standard InChI is InChI=1S/C29H39N6O8P/c1-6-10-19(4)42-27(38)20(5)34-44(39,43-22-11-8-7-9-12-22)41-16-29(15-40-26(37)18(2)3)13-21(29)14-35-17-31-23-24(35)32-28(30)33-25(23)36/h7-9,11-12,14,17-20H,6,10,13,15-16H2,1-5H3,(H,34,39)(H3,30,32,33,36)/b21-14-/t19-,20-,29-,44-/m0/s1. The van der Waals surface area contributed by atoms with E-state index in [9.17, 15) is 18.9 Å². The van der Waals surface area contributed by atoms with Crippen molar-refractivity contribution in [1.82, 2.24) is 24.6 Å². The molecule has 1 aromatic carbocycles. The highest BCUT2D eigenvalue weighted by Crippen LogP contribution is 2.56. The van der Waals surface area contributed by atoms with E-state index in [1.165, 1.54) is 17.8 Å². The van der Waals surface area contributed by atoms with Crippen LogP contribution in [-0.2, 0) is 28.2 Å². The molecule has 4 N–H and O–H groups in total. The lowest BCUT2D eigenvalue weighted by molar-refractivity contribution is -0.151. The van der Waals surface area contributed by atoms with E-state index in [2.05, 4.69) is 20.0 Å². The first kappa shape index (κ1) is 32.9. The zero-order valence-corrected chi connectivity index (χ0v) is 26.3. The van der Waals surface area contributed by atoms with Crippen molar-refractivity contribution in [1.29, 1.82) is 0 Å². The van der Waals surface area contributed by atoms with Gasteiger partial charge in [-0.1, -0.05) is 45.4 Å². The highest BCUT2D eigenvalue weighted by molar-refractivity contribution is 7.52. The van der Waals surface area contributed by atoms with Crippen molar-refractivity contribution in [3.8, 4) is 5.75 Å². The Hall–Kier alpha value is -4.00. The van der Waals surface area contributed by atoms with Gasteiger partial charge in [0.05, 0.1) is 24.0 Å². The molecule has 15 heteroatoms. The lowest BCUT2D eigenvalue weighted by Crippen LogP contribution is -2.37. The fraction of sp³-hybridized carbons (Fsp3) is 0.483. The number of H-pyrrole nitrogens is 1. The van der Waals surface area contributed by atoms with Gasteiger partial charge in [-0.3, -0.25) is 28.5 Å². The summed E-state index contributed by atoms with van der Waals surface area (Å²) in [5.74, 6) is -1.20. The topological polar surface area (TPSA) is 190 Å². The normalized spacial score (nSPS) is 19.8. The van der Waals surface area contributed by atoms with Crippen LogP contribution in [0.2, 0.25) is 0 Å². The van der Waals surface area contributed by atoms with Crippen LogP contribution in [0, 0.1) is 11.3 Å². The van der Waals surface area contributed by atoms with E-state index in [1.54, 1.807) is 57.3 Å². The van der Waals surface area contributed by atoms with Crippen LogP contribution in [-0.4, -0.2) is 56.8 Å². The molecule has 0 unspecified atom stereocenters. The first-order valence-electron chi connectivity index (χ1n) is 14.4. The van der Waals surface area contributed by atoms with Gasteiger partial charge >= 0.3 is 19.7 Å². The van der Waals surface area contributed by atoms with Crippen LogP contribution in [0.1, 0.15) is 53.9 Å². The Kier molecular flexibility index (Phi) is 10.3. The number of para-hydroxylation sites is 1. The molecular weight excluding hydrogens is 591 g/mol. The van der Waals surface area contributed by atoms with Crippen molar-refractivity contribution >= 4 is 43.0 Å². The molecule has 4 atom stereocenters. The maximum Gasteiger partial charge on any atom is 0.459 e. The molecule has 4 rings (SSSR count). The predicted molar refractivity (Wildman–Crippen MR) is 163 cm³/mol. The Labute approximate surface area is 254 Å². The molecule has 0 spiro atoms. The number of fused-ring (bicyclic) bond motifs is 1. The smallest absolute Gasteiger partial charge is 0.459 e. The Bertz CT molecular complexity index is 1620. The third-order valence-corrected chi connectivity index (χ3v) is 8.61. The van der Waals surface area contributed by atoms with Gasteiger partial charge in [-0.05, 0) is 44.4 Å². The average molecular weight is 631 g/mol. The van der Waals surface area contributed by atoms with Gasteiger partial charge in [0.15, 0.2) is 11.2 Å². The Morgan fingerprint density at radius 3 is 2.59 bits per heavy atom. The van der Waals surface area contributed by atoms with Crippen LogP contribution in [0.15, 0.2) is 47.0 Å². The molecule has 1 saturated carbocycles. The SMILES string of the molecule is CCC[C@H](C)OC(=O)[C@H](C)N[P@](=O)(OC[C@@]1(COC(=O)C(C)C)C/C1=C/n1cnc2c(=O)[nH]c(N)nc21)Oc1ccccc1. The molecule has 2 heterocycles. The summed E-state index contributed by atoms with van der Waals surface area (Å²) in [5, 5.41) is 2.70. The number of hydrogen-bond donors (Lipinski definition) is 3. The van der Waals surface area contributed by atoms with Gasteiger partial charge in [-0.15, -0.1) is 0 Å². The van der Waals surface area contributed by atoms with E-state index in [4.69, 9.17) is 24.3 Å². The number of aromatic amines is 1. The van der Waals surface area contributed by atoms with Crippen LogP contribution in [0.3, 0.4) is 0 Å². The van der Waals surface area contributed by atoms with Crippen LogP contribution in [0.25, 0.3) is 17.4 Å². The van der Waals surface area contributed by atoms with Crippen molar-refractivity contribution in [3.63, 3.8) is 0 Å². The van der Waals surface area contributed by atoms with Gasteiger partial charge in [0, 0.05) is 6.20 Å². The van der Waals surface area contributed by atoms with Gasteiger partial charge in [0.25, 0.3) is 5.56 Å². The van der Waals surface area contributed by atoms with Gasteiger partial charge in [-0.2, -0.15) is 10.1 Å². The number of anilines is 1.